The smallest absolute Gasteiger partial charge is 0.0590 e. The molecular formula is C12H26O2. The second-order valence-electron chi connectivity index (χ2n) is 4.15. The maximum Gasteiger partial charge on any atom is 0.0590 e. The van der Waals surface area contributed by atoms with Crippen LogP contribution in [0.3, 0.4) is 0 Å². The van der Waals surface area contributed by atoms with Crippen LogP contribution in [0.4, 0.5) is 0 Å². The van der Waals surface area contributed by atoms with E-state index in [2.05, 4.69) is 13.8 Å². The van der Waals surface area contributed by atoms with Crippen molar-refractivity contribution in [3.63, 3.8) is 0 Å². The van der Waals surface area contributed by atoms with Crippen molar-refractivity contribution >= 4 is 0 Å². The fourth-order valence-electron chi connectivity index (χ4n) is 1.71. The zero-order valence-corrected chi connectivity index (χ0v) is 9.71. The molecule has 0 aromatic rings. The van der Waals surface area contributed by atoms with Gasteiger partial charge in [-0.15, -0.1) is 0 Å². The molecular weight excluding hydrogens is 176 g/mol. The lowest BCUT2D eigenvalue weighted by Gasteiger charge is -2.20. The average molecular weight is 202 g/mol. The summed E-state index contributed by atoms with van der Waals surface area (Å²) in [6.07, 6.45) is 7.21. The first-order valence-corrected chi connectivity index (χ1v) is 6.05. The second-order valence-corrected chi connectivity index (χ2v) is 4.15. The minimum atomic E-state index is -0.293. The van der Waals surface area contributed by atoms with Gasteiger partial charge in [0.05, 0.1) is 6.10 Å². The zero-order chi connectivity index (χ0) is 10.8. The minimum absolute atomic E-state index is 0.104. The molecule has 0 aromatic heterocycles. The molecule has 0 heterocycles. The maximum absolute atomic E-state index is 9.80. The van der Waals surface area contributed by atoms with Gasteiger partial charge in [-0.25, -0.2) is 0 Å². The Morgan fingerprint density at radius 3 is 2.07 bits per heavy atom. The lowest BCUT2D eigenvalue weighted by molar-refractivity contribution is 0.0532. The molecule has 2 heteroatoms. The van der Waals surface area contributed by atoms with Crippen molar-refractivity contribution in [1.29, 1.82) is 0 Å². The van der Waals surface area contributed by atoms with Crippen molar-refractivity contribution in [3.8, 4) is 0 Å². The molecule has 0 saturated heterocycles. The Hall–Kier alpha value is -0.0800. The third kappa shape index (κ3) is 6.39. The molecule has 0 radical (unpaired) electrons. The Labute approximate surface area is 88.3 Å². The summed E-state index contributed by atoms with van der Waals surface area (Å²) in [7, 11) is 0. The second kappa shape index (κ2) is 9.47. The van der Waals surface area contributed by atoms with Gasteiger partial charge in [0.15, 0.2) is 0 Å². The Morgan fingerprint density at radius 1 is 0.929 bits per heavy atom. The molecule has 0 spiro atoms. The number of hydrogen-bond acceptors (Lipinski definition) is 2. The predicted molar refractivity (Wildman–Crippen MR) is 60.2 cm³/mol. The van der Waals surface area contributed by atoms with Gasteiger partial charge in [-0.3, -0.25) is 0 Å². The number of aliphatic hydroxyl groups is 2. The molecule has 0 saturated carbocycles. The summed E-state index contributed by atoms with van der Waals surface area (Å²) in [6, 6.07) is 0. The van der Waals surface area contributed by atoms with E-state index in [-0.39, 0.29) is 18.6 Å². The lowest BCUT2D eigenvalue weighted by Crippen LogP contribution is -2.23. The van der Waals surface area contributed by atoms with Gasteiger partial charge >= 0.3 is 0 Å². The third-order valence-corrected chi connectivity index (χ3v) is 2.81. The van der Waals surface area contributed by atoms with E-state index in [1.807, 2.05) is 0 Å². The number of aliphatic hydroxyl groups excluding tert-OH is 2. The van der Waals surface area contributed by atoms with Crippen LogP contribution in [0.2, 0.25) is 0 Å². The highest BCUT2D eigenvalue weighted by molar-refractivity contribution is 4.68. The molecule has 2 N–H and O–H groups in total. The first-order chi connectivity index (χ1) is 6.76. The summed E-state index contributed by atoms with van der Waals surface area (Å²) in [5.41, 5.74) is 0. The summed E-state index contributed by atoms with van der Waals surface area (Å²) in [5, 5.41) is 18.9. The number of rotatable bonds is 9. The largest absolute Gasteiger partial charge is 0.396 e. The van der Waals surface area contributed by atoms with E-state index in [9.17, 15) is 5.11 Å². The van der Waals surface area contributed by atoms with Crippen LogP contribution in [0.1, 0.15) is 58.8 Å². The zero-order valence-electron chi connectivity index (χ0n) is 9.71. The molecule has 0 aliphatic rings. The van der Waals surface area contributed by atoms with Gasteiger partial charge in [-0.2, -0.15) is 0 Å². The molecule has 86 valence electrons. The molecule has 0 aliphatic heterocycles. The minimum Gasteiger partial charge on any atom is -0.396 e. The summed E-state index contributed by atoms with van der Waals surface area (Å²) in [5.74, 6) is 0.104. The molecule has 2 nitrogen and oxygen atoms in total. The molecule has 0 bridgehead atoms. The summed E-state index contributed by atoms with van der Waals surface area (Å²) in [6.45, 7) is 4.43. The van der Waals surface area contributed by atoms with E-state index in [4.69, 9.17) is 5.11 Å². The third-order valence-electron chi connectivity index (χ3n) is 2.81. The van der Waals surface area contributed by atoms with Crippen molar-refractivity contribution in [3.05, 3.63) is 0 Å². The molecule has 0 unspecified atom stereocenters. The monoisotopic (exact) mass is 202 g/mol. The van der Waals surface area contributed by atoms with Crippen molar-refractivity contribution < 1.29 is 10.2 Å². The van der Waals surface area contributed by atoms with Crippen LogP contribution in [0.5, 0.6) is 0 Å². The fourth-order valence-corrected chi connectivity index (χ4v) is 1.71. The molecule has 0 fully saturated rings. The molecule has 2 atom stereocenters. The molecule has 14 heavy (non-hydrogen) atoms. The van der Waals surface area contributed by atoms with E-state index in [0.29, 0.717) is 0 Å². The Morgan fingerprint density at radius 2 is 1.57 bits per heavy atom. The highest BCUT2D eigenvalue weighted by Gasteiger charge is 2.16. The standard InChI is InChI=1S/C12H26O2/c1-3-5-7-9-12(14)11(10-13)8-6-4-2/h11-14H,3-10H2,1-2H3/t11-,12+/m0/s1. The van der Waals surface area contributed by atoms with Gasteiger partial charge in [0.2, 0.25) is 0 Å². The van der Waals surface area contributed by atoms with Crippen LogP contribution in [-0.2, 0) is 0 Å². The van der Waals surface area contributed by atoms with E-state index in [1.54, 1.807) is 0 Å². The van der Waals surface area contributed by atoms with Gasteiger partial charge in [0, 0.05) is 12.5 Å². The maximum atomic E-state index is 9.80. The van der Waals surface area contributed by atoms with Crippen molar-refractivity contribution in [2.45, 2.75) is 64.9 Å². The topological polar surface area (TPSA) is 40.5 Å². The van der Waals surface area contributed by atoms with E-state index < -0.39 is 0 Å². The van der Waals surface area contributed by atoms with Gasteiger partial charge in [0.25, 0.3) is 0 Å². The summed E-state index contributed by atoms with van der Waals surface area (Å²) >= 11 is 0. The van der Waals surface area contributed by atoms with E-state index >= 15 is 0 Å². The summed E-state index contributed by atoms with van der Waals surface area (Å²) < 4.78 is 0. The van der Waals surface area contributed by atoms with Crippen LogP contribution in [0.25, 0.3) is 0 Å². The normalized spacial score (nSPS) is 15.4. The fraction of sp³-hybridized carbons (Fsp3) is 1.00. The van der Waals surface area contributed by atoms with Gasteiger partial charge in [-0.05, 0) is 12.8 Å². The van der Waals surface area contributed by atoms with Gasteiger partial charge < -0.3 is 10.2 Å². The first-order valence-electron chi connectivity index (χ1n) is 6.05. The Kier molecular flexibility index (Phi) is 9.42. The highest BCUT2D eigenvalue weighted by Crippen LogP contribution is 2.17. The lowest BCUT2D eigenvalue weighted by atomic mass is 9.93. The van der Waals surface area contributed by atoms with Crippen LogP contribution >= 0.6 is 0 Å². The summed E-state index contributed by atoms with van der Waals surface area (Å²) in [4.78, 5) is 0. The van der Waals surface area contributed by atoms with Gasteiger partial charge in [0.1, 0.15) is 0 Å². The Bertz CT molecular complexity index is 115. The van der Waals surface area contributed by atoms with Crippen molar-refractivity contribution in [2.24, 2.45) is 5.92 Å². The molecule has 0 aromatic carbocycles. The molecule has 0 aliphatic carbocycles. The van der Waals surface area contributed by atoms with Crippen LogP contribution in [-0.4, -0.2) is 22.9 Å². The first kappa shape index (κ1) is 13.9. The number of unbranched alkanes of at least 4 members (excludes halogenated alkanes) is 3. The molecule has 0 amide bonds. The van der Waals surface area contributed by atoms with Crippen LogP contribution < -0.4 is 0 Å². The van der Waals surface area contributed by atoms with Crippen LogP contribution in [0, 0.1) is 5.92 Å². The SMILES string of the molecule is CCCCC[C@@H](O)[C@H](CO)CCCC. The quantitative estimate of drug-likeness (QED) is 0.564. The Balaban J connectivity index is 3.61. The van der Waals surface area contributed by atoms with E-state index in [1.165, 1.54) is 12.8 Å². The predicted octanol–water partition coefficient (Wildman–Crippen LogP) is 2.73. The van der Waals surface area contributed by atoms with Gasteiger partial charge in [-0.1, -0.05) is 46.0 Å². The number of hydrogen-bond donors (Lipinski definition) is 2. The van der Waals surface area contributed by atoms with Crippen molar-refractivity contribution in [2.75, 3.05) is 6.61 Å². The van der Waals surface area contributed by atoms with E-state index in [0.717, 1.165) is 32.1 Å². The average Bonchev–Trinajstić information content (AvgIpc) is 2.19. The van der Waals surface area contributed by atoms with Crippen molar-refractivity contribution in [1.82, 2.24) is 0 Å². The molecule has 0 rings (SSSR count). The highest BCUT2D eigenvalue weighted by atomic mass is 16.3. The van der Waals surface area contributed by atoms with Crippen LogP contribution in [0.15, 0.2) is 0 Å².